The van der Waals surface area contributed by atoms with Crippen molar-refractivity contribution in [2.24, 2.45) is 17.1 Å². The fourth-order valence-electron chi connectivity index (χ4n) is 2.67. The Hall–Kier alpha value is -0.190. The third kappa shape index (κ3) is 2.93. The number of nitrogens with zero attached hydrogens (tertiary/aromatic N) is 1. The maximum absolute atomic E-state index is 9.86. The number of hydrogen-bond donors (Lipinski definition) is 2. The van der Waals surface area contributed by atoms with Crippen molar-refractivity contribution in [1.29, 1.82) is 0 Å². The smallest absolute Gasteiger partial charge is 0.0733 e. The van der Waals surface area contributed by atoms with Crippen LogP contribution in [0.2, 0.25) is 0 Å². The fraction of sp³-hybridized carbons (Fsp3) is 0.917. The van der Waals surface area contributed by atoms with Crippen molar-refractivity contribution in [3.8, 4) is 0 Å². The highest BCUT2D eigenvalue weighted by molar-refractivity contribution is 7.80. The Balaban J connectivity index is 1.84. The first-order chi connectivity index (χ1) is 7.51. The van der Waals surface area contributed by atoms with Crippen LogP contribution >= 0.6 is 12.2 Å². The summed E-state index contributed by atoms with van der Waals surface area (Å²) in [4.78, 5) is 3.03. The molecule has 4 heteroatoms. The number of aliphatic hydroxyl groups is 1. The Morgan fingerprint density at radius 3 is 2.75 bits per heavy atom. The second-order valence-electron chi connectivity index (χ2n) is 5.71. The van der Waals surface area contributed by atoms with Crippen LogP contribution < -0.4 is 5.73 Å². The quantitative estimate of drug-likeness (QED) is 0.726. The lowest BCUT2D eigenvalue weighted by molar-refractivity contribution is 0.0213. The van der Waals surface area contributed by atoms with E-state index < -0.39 is 0 Å². The van der Waals surface area contributed by atoms with E-state index in [0.29, 0.717) is 16.3 Å². The van der Waals surface area contributed by atoms with Crippen molar-refractivity contribution in [3.05, 3.63) is 0 Å². The molecule has 2 rings (SSSR count). The average molecular weight is 242 g/mol. The molecule has 0 radical (unpaired) electrons. The Morgan fingerprint density at radius 1 is 1.56 bits per heavy atom. The number of aliphatic hydroxyl groups excluding tert-OH is 1. The van der Waals surface area contributed by atoms with Crippen molar-refractivity contribution in [3.63, 3.8) is 0 Å². The minimum Gasteiger partial charge on any atom is -0.393 e. The highest BCUT2D eigenvalue weighted by atomic mass is 32.1. The predicted octanol–water partition coefficient (Wildman–Crippen LogP) is 1.15. The van der Waals surface area contributed by atoms with Gasteiger partial charge >= 0.3 is 0 Å². The van der Waals surface area contributed by atoms with E-state index in [9.17, 15) is 5.11 Å². The second-order valence-corrected chi connectivity index (χ2v) is 6.24. The molecule has 3 nitrogen and oxygen atoms in total. The van der Waals surface area contributed by atoms with Crippen molar-refractivity contribution >= 4 is 17.2 Å². The summed E-state index contributed by atoms with van der Waals surface area (Å²) in [6, 6.07) is 0. The van der Waals surface area contributed by atoms with Gasteiger partial charge in [-0.3, -0.25) is 0 Å². The molecule has 1 aliphatic carbocycles. The molecular weight excluding hydrogens is 220 g/mol. The molecule has 2 aliphatic rings. The van der Waals surface area contributed by atoms with Gasteiger partial charge in [-0.1, -0.05) is 19.1 Å². The van der Waals surface area contributed by atoms with E-state index in [1.54, 1.807) is 0 Å². The first-order valence-corrected chi connectivity index (χ1v) is 6.60. The second kappa shape index (κ2) is 4.59. The van der Waals surface area contributed by atoms with Crippen molar-refractivity contribution in [2.45, 2.75) is 38.7 Å². The number of hydrogen-bond acceptors (Lipinski definition) is 3. The maximum Gasteiger partial charge on any atom is 0.0733 e. The lowest BCUT2D eigenvalue weighted by Crippen LogP contribution is -2.45. The number of β-amino-alcohol motifs (C(OH)–C–C–N with tert-alkyl or cyclic N) is 1. The molecule has 0 amide bonds. The molecule has 2 atom stereocenters. The molecule has 0 bridgehead atoms. The molecule has 1 saturated carbocycles. The van der Waals surface area contributed by atoms with Gasteiger partial charge in [-0.25, -0.2) is 0 Å². The van der Waals surface area contributed by atoms with E-state index in [2.05, 4.69) is 11.8 Å². The number of nitrogens with two attached hydrogens (primary N) is 1. The summed E-state index contributed by atoms with van der Waals surface area (Å²) in [5.74, 6) is 0.446. The largest absolute Gasteiger partial charge is 0.393 e. The first kappa shape index (κ1) is 12.3. The van der Waals surface area contributed by atoms with Gasteiger partial charge < -0.3 is 15.7 Å². The summed E-state index contributed by atoms with van der Waals surface area (Å²) < 4.78 is 0. The monoisotopic (exact) mass is 242 g/mol. The molecule has 0 aromatic carbocycles. The first-order valence-electron chi connectivity index (χ1n) is 6.19. The number of likely N-dealkylation sites (tertiary alicyclic amines) is 1. The highest BCUT2D eigenvalue weighted by Gasteiger charge is 2.44. The van der Waals surface area contributed by atoms with Crippen LogP contribution in [0.1, 0.15) is 32.6 Å². The van der Waals surface area contributed by atoms with Crippen LogP contribution in [0.4, 0.5) is 0 Å². The van der Waals surface area contributed by atoms with E-state index in [1.165, 1.54) is 12.8 Å². The van der Waals surface area contributed by atoms with Gasteiger partial charge in [0.1, 0.15) is 0 Å². The predicted molar refractivity (Wildman–Crippen MR) is 69.3 cm³/mol. The van der Waals surface area contributed by atoms with Gasteiger partial charge in [-0.15, -0.1) is 0 Å². The van der Waals surface area contributed by atoms with Crippen molar-refractivity contribution in [1.82, 2.24) is 4.90 Å². The van der Waals surface area contributed by atoms with E-state index in [0.717, 1.165) is 32.5 Å². The molecule has 2 unspecified atom stereocenters. The van der Waals surface area contributed by atoms with E-state index in [4.69, 9.17) is 18.0 Å². The molecular formula is C12H22N2OS. The maximum atomic E-state index is 9.86. The summed E-state index contributed by atoms with van der Waals surface area (Å²) in [6.07, 6.45) is 4.31. The molecule has 0 aromatic rings. The van der Waals surface area contributed by atoms with Crippen LogP contribution in [0.5, 0.6) is 0 Å². The molecule has 0 spiro atoms. The normalized spacial score (nSPS) is 33.6. The zero-order chi connectivity index (χ0) is 11.8. The van der Waals surface area contributed by atoms with Crippen LogP contribution in [0.3, 0.4) is 0 Å². The van der Waals surface area contributed by atoms with Gasteiger partial charge in [0.25, 0.3) is 0 Å². The minimum atomic E-state index is -0.158. The van der Waals surface area contributed by atoms with Gasteiger partial charge in [0, 0.05) is 19.5 Å². The van der Waals surface area contributed by atoms with Crippen LogP contribution in [0.25, 0.3) is 0 Å². The fourth-order valence-corrected chi connectivity index (χ4v) is 2.98. The van der Waals surface area contributed by atoms with E-state index >= 15 is 0 Å². The average Bonchev–Trinajstić information content (AvgIpc) is 2.90. The van der Waals surface area contributed by atoms with Crippen LogP contribution in [-0.2, 0) is 0 Å². The molecule has 2 fully saturated rings. The Kier molecular flexibility index (Phi) is 3.52. The summed E-state index contributed by atoms with van der Waals surface area (Å²) in [6.45, 7) is 5.12. The molecule has 3 N–H and O–H groups in total. The standard InChI is InChI=1S/C12H22N2OS/c1-9-2-5-14(7-10(9)15)8-12(3-4-12)6-11(13)16/h9-10,15H,2-8H2,1H3,(H2,13,16). The third-order valence-corrected chi connectivity index (χ3v) is 4.21. The summed E-state index contributed by atoms with van der Waals surface area (Å²) >= 11 is 5.00. The van der Waals surface area contributed by atoms with Gasteiger partial charge in [-0.05, 0) is 37.1 Å². The lowest BCUT2D eigenvalue weighted by Gasteiger charge is -2.36. The minimum absolute atomic E-state index is 0.158. The topological polar surface area (TPSA) is 49.5 Å². The van der Waals surface area contributed by atoms with Crippen molar-refractivity contribution in [2.75, 3.05) is 19.6 Å². The lowest BCUT2D eigenvalue weighted by atomic mass is 9.94. The SMILES string of the molecule is CC1CCN(CC2(CC(N)=S)CC2)CC1O. The Bertz CT molecular complexity index is 278. The third-order valence-electron chi connectivity index (χ3n) is 4.07. The number of thiocarbonyl (C=S) groups is 1. The highest BCUT2D eigenvalue weighted by Crippen LogP contribution is 2.49. The molecule has 16 heavy (non-hydrogen) atoms. The van der Waals surface area contributed by atoms with Gasteiger partial charge in [0.2, 0.25) is 0 Å². The molecule has 92 valence electrons. The zero-order valence-electron chi connectivity index (χ0n) is 9.98. The summed E-state index contributed by atoms with van der Waals surface area (Å²) in [5, 5.41) is 9.86. The van der Waals surface area contributed by atoms with Crippen LogP contribution in [0, 0.1) is 11.3 Å². The van der Waals surface area contributed by atoms with E-state index in [1.807, 2.05) is 0 Å². The molecule has 1 aliphatic heterocycles. The van der Waals surface area contributed by atoms with Crippen LogP contribution in [-0.4, -0.2) is 40.7 Å². The van der Waals surface area contributed by atoms with Gasteiger partial charge in [0.15, 0.2) is 0 Å². The van der Waals surface area contributed by atoms with Gasteiger partial charge in [-0.2, -0.15) is 0 Å². The zero-order valence-corrected chi connectivity index (χ0v) is 10.8. The molecule has 0 aromatic heterocycles. The number of rotatable bonds is 4. The Morgan fingerprint density at radius 2 is 2.25 bits per heavy atom. The number of piperidine rings is 1. The van der Waals surface area contributed by atoms with E-state index in [-0.39, 0.29) is 6.10 Å². The Labute approximate surface area is 103 Å². The molecule has 1 heterocycles. The summed E-state index contributed by atoms with van der Waals surface area (Å²) in [5.41, 5.74) is 5.99. The molecule has 1 saturated heterocycles. The van der Waals surface area contributed by atoms with Gasteiger partial charge in [0.05, 0.1) is 11.1 Å². The summed E-state index contributed by atoms with van der Waals surface area (Å²) in [7, 11) is 0. The van der Waals surface area contributed by atoms with Crippen LogP contribution in [0.15, 0.2) is 0 Å². The van der Waals surface area contributed by atoms with Crippen molar-refractivity contribution < 1.29 is 5.11 Å².